The van der Waals surface area contributed by atoms with Crippen molar-refractivity contribution >= 4 is 3.21 Å². The van der Waals surface area contributed by atoms with E-state index in [-0.39, 0.29) is 24.8 Å². The molecule has 0 aliphatic heterocycles. The van der Waals surface area contributed by atoms with Crippen molar-refractivity contribution in [2.24, 2.45) is 0 Å². The molecule has 0 aliphatic rings. The third-order valence-electron chi connectivity index (χ3n) is 4.86. The van der Waals surface area contributed by atoms with Crippen LogP contribution in [0.4, 0.5) is 0 Å². The van der Waals surface area contributed by atoms with Gasteiger partial charge in [0.15, 0.2) is 0 Å². The smallest absolute Gasteiger partial charge is 0.172 e. The monoisotopic (exact) mass is 512 g/mol. The predicted octanol–water partition coefficient (Wildman–Crippen LogP) is 0.855. The quantitative estimate of drug-likeness (QED) is 0.348. The molecular weight excluding hydrogens is 486 g/mol. The van der Waals surface area contributed by atoms with E-state index in [4.69, 9.17) is 0 Å². The van der Waals surface area contributed by atoms with Gasteiger partial charge in [0.1, 0.15) is 0 Å². The van der Waals surface area contributed by atoms with Crippen molar-refractivity contribution in [1.82, 2.24) is 0 Å². The third-order valence-corrected chi connectivity index (χ3v) is 6.28. The van der Waals surface area contributed by atoms with Crippen LogP contribution in [0, 0.1) is 27.7 Å². The first-order valence-corrected chi connectivity index (χ1v) is 10.8. The maximum atomic E-state index is 2.24. The topological polar surface area (TPSA) is 0 Å². The summed E-state index contributed by atoms with van der Waals surface area (Å²) in [6.07, 6.45) is 0. The Labute approximate surface area is 209 Å². The molecule has 0 saturated carbocycles. The fourth-order valence-corrected chi connectivity index (χ4v) is 3.65. The van der Waals surface area contributed by atoms with Crippen molar-refractivity contribution in [3.8, 4) is 0 Å². The standard InChI is InChI=1S/C13H10.C9H13.C5H5.2ClH.Zr/c1-3-7-12(8-4-1)11-13-9-5-2-6-10-13;1-6-5-7(2)9(4)8(6)3;1-2-4-5-3-1;;;/h1-10H;5H,1-4H3;1-5H;2*1H;/q;2*-1;;;+2/p-2. The Kier molecular flexibility index (Phi) is 14.5. The van der Waals surface area contributed by atoms with Gasteiger partial charge in [-0.05, 0) is 0 Å². The molecule has 0 unspecified atom stereocenters. The second-order valence-corrected chi connectivity index (χ2v) is 8.06. The van der Waals surface area contributed by atoms with E-state index in [0.717, 1.165) is 0 Å². The van der Waals surface area contributed by atoms with Crippen molar-refractivity contribution in [3.05, 3.63) is 130 Å². The van der Waals surface area contributed by atoms with Gasteiger partial charge in [0.05, 0.1) is 0 Å². The Balaban J connectivity index is 0.000000454. The molecule has 0 radical (unpaired) electrons. The van der Waals surface area contributed by atoms with Crippen LogP contribution in [0.1, 0.15) is 33.4 Å². The number of aryl methyl sites for hydroxylation is 2. The van der Waals surface area contributed by atoms with Crippen LogP contribution in [0.3, 0.4) is 0 Å². The van der Waals surface area contributed by atoms with E-state index in [0.29, 0.717) is 0 Å². The maximum absolute atomic E-state index is 2.24. The van der Waals surface area contributed by atoms with E-state index < -0.39 is 0 Å². The van der Waals surface area contributed by atoms with E-state index in [2.05, 4.69) is 94.4 Å². The van der Waals surface area contributed by atoms with Gasteiger partial charge >= 0.3 is 99.2 Å². The first-order chi connectivity index (χ1) is 13.5. The molecule has 30 heavy (non-hydrogen) atoms. The van der Waals surface area contributed by atoms with Crippen molar-refractivity contribution < 1.29 is 49.0 Å². The fraction of sp³-hybridized carbons (Fsp3) is 0.148. The van der Waals surface area contributed by atoms with E-state index >= 15 is 0 Å². The van der Waals surface area contributed by atoms with Crippen molar-refractivity contribution in [2.75, 3.05) is 0 Å². The molecule has 0 N–H and O–H groups in total. The van der Waals surface area contributed by atoms with Gasteiger partial charge in [0.25, 0.3) is 0 Å². The molecule has 0 saturated heterocycles. The molecule has 4 rings (SSSR count). The second-order valence-electron chi connectivity index (χ2n) is 6.83. The number of halogens is 2. The molecule has 0 nitrogen and oxygen atoms in total. The zero-order chi connectivity index (χ0) is 20.4. The minimum Gasteiger partial charge on any atom is -0.214 e. The second kappa shape index (κ2) is 15.3. The van der Waals surface area contributed by atoms with Crippen LogP contribution >= 0.6 is 0 Å². The van der Waals surface area contributed by atoms with Crippen molar-refractivity contribution in [1.29, 1.82) is 0 Å². The Hall–Kier alpha value is -1.53. The SMILES string of the molecule is Cc1c[c-](C)c(C)c1C.[Cl-].[Cl-].[Zr+2]=[C](c1ccccc1)c1ccccc1.c1cc[cH-]c1. The number of benzene rings is 2. The average Bonchev–Trinajstić information content (AvgIpc) is 3.39. The van der Waals surface area contributed by atoms with Gasteiger partial charge < -0.3 is 24.8 Å². The van der Waals surface area contributed by atoms with Crippen LogP contribution in [0.5, 0.6) is 0 Å². The van der Waals surface area contributed by atoms with Gasteiger partial charge in [-0.3, -0.25) is 0 Å². The van der Waals surface area contributed by atoms with Gasteiger partial charge in [-0.2, -0.15) is 46.5 Å². The predicted molar refractivity (Wildman–Crippen MR) is 119 cm³/mol. The molecule has 0 aromatic heterocycles. The minimum absolute atomic E-state index is 0. The first kappa shape index (κ1) is 28.5. The largest absolute Gasteiger partial charge is 0.214 e. The van der Waals surface area contributed by atoms with E-state index in [1.807, 2.05) is 30.3 Å². The zero-order valence-corrected chi connectivity index (χ0v) is 22.0. The Morgan fingerprint density at radius 3 is 1.40 bits per heavy atom. The van der Waals surface area contributed by atoms with Crippen LogP contribution in [-0.4, -0.2) is 3.21 Å². The van der Waals surface area contributed by atoms with Crippen molar-refractivity contribution in [2.45, 2.75) is 27.7 Å². The normalized spacial score (nSPS) is 9.00. The summed E-state index contributed by atoms with van der Waals surface area (Å²) in [7, 11) is 0. The third kappa shape index (κ3) is 9.09. The van der Waals surface area contributed by atoms with Crippen LogP contribution in [0.25, 0.3) is 0 Å². The fourth-order valence-electron chi connectivity index (χ4n) is 2.83. The summed E-state index contributed by atoms with van der Waals surface area (Å²) in [5, 5.41) is 0. The van der Waals surface area contributed by atoms with Crippen LogP contribution in [-0.2, 0) is 24.2 Å². The first-order valence-electron chi connectivity index (χ1n) is 9.57. The molecule has 0 spiro atoms. The summed E-state index contributed by atoms with van der Waals surface area (Å²) < 4.78 is 1.42. The molecule has 4 aromatic rings. The summed E-state index contributed by atoms with van der Waals surface area (Å²) in [6, 6.07) is 33.3. The van der Waals surface area contributed by atoms with Gasteiger partial charge in [0, 0.05) is 0 Å². The van der Waals surface area contributed by atoms with E-state index in [9.17, 15) is 0 Å². The molecule has 4 aromatic carbocycles. The summed E-state index contributed by atoms with van der Waals surface area (Å²) in [6.45, 7) is 8.68. The van der Waals surface area contributed by atoms with Gasteiger partial charge in [-0.15, -0.1) is 0 Å². The Morgan fingerprint density at radius 2 is 1.17 bits per heavy atom. The van der Waals surface area contributed by atoms with Gasteiger partial charge in [-0.1, -0.05) is 27.7 Å². The molecule has 0 heterocycles. The summed E-state index contributed by atoms with van der Waals surface area (Å²) in [5.41, 5.74) is 8.41. The van der Waals surface area contributed by atoms with Gasteiger partial charge in [-0.25, -0.2) is 12.1 Å². The van der Waals surface area contributed by atoms with Crippen LogP contribution in [0.15, 0.2) is 97.1 Å². The van der Waals surface area contributed by atoms with E-state index in [1.165, 1.54) is 60.8 Å². The molecular formula is C27H28Cl2Zr-2. The average molecular weight is 515 g/mol. The van der Waals surface area contributed by atoms with E-state index in [1.54, 1.807) is 0 Å². The molecule has 156 valence electrons. The summed E-state index contributed by atoms with van der Waals surface area (Å²) >= 11 is 1.46. The van der Waals surface area contributed by atoms with Crippen molar-refractivity contribution in [3.63, 3.8) is 0 Å². The zero-order valence-electron chi connectivity index (χ0n) is 18.0. The summed E-state index contributed by atoms with van der Waals surface area (Å²) in [4.78, 5) is 0. The molecule has 0 atom stereocenters. The van der Waals surface area contributed by atoms with Gasteiger partial charge in [0.2, 0.25) is 0 Å². The molecule has 3 heteroatoms. The number of hydrogen-bond donors (Lipinski definition) is 0. The van der Waals surface area contributed by atoms with Crippen LogP contribution < -0.4 is 24.8 Å². The maximum Gasteiger partial charge on any atom is -0.172 e. The minimum atomic E-state index is 0. The Morgan fingerprint density at radius 1 is 0.733 bits per heavy atom. The molecule has 0 amide bonds. The molecule has 0 aliphatic carbocycles. The number of rotatable bonds is 2. The number of hydrogen-bond acceptors (Lipinski definition) is 0. The Bertz CT molecular complexity index is 872. The molecule has 0 bridgehead atoms. The summed E-state index contributed by atoms with van der Waals surface area (Å²) in [5.74, 6) is 0. The van der Waals surface area contributed by atoms with Crippen LogP contribution in [0.2, 0.25) is 0 Å². The molecule has 0 fully saturated rings.